The van der Waals surface area contributed by atoms with E-state index in [-0.39, 0.29) is 4.90 Å². The fourth-order valence-electron chi connectivity index (χ4n) is 2.80. The molecule has 8 heteroatoms. The minimum Gasteiger partial charge on any atom is -0.858 e. The molecule has 0 fully saturated rings. The highest BCUT2D eigenvalue weighted by molar-refractivity contribution is 14.1. The van der Waals surface area contributed by atoms with Gasteiger partial charge in [-0.3, -0.25) is 0 Å². The van der Waals surface area contributed by atoms with Gasteiger partial charge in [0.15, 0.2) is 0 Å². The number of halogens is 3. The van der Waals surface area contributed by atoms with Crippen molar-refractivity contribution in [2.24, 2.45) is 4.40 Å². The van der Waals surface area contributed by atoms with Gasteiger partial charge in [-0.1, -0.05) is 32.9 Å². The van der Waals surface area contributed by atoms with Gasteiger partial charge < -0.3 is 5.11 Å². The number of hydrogen-bond acceptors (Lipinski definition) is 3. The van der Waals surface area contributed by atoms with Crippen molar-refractivity contribution in [1.82, 2.24) is 0 Å². The molecule has 0 amide bonds. The summed E-state index contributed by atoms with van der Waals surface area (Å²) in [7, 11) is -4.09. The fourth-order valence-corrected chi connectivity index (χ4v) is 6.67. The summed E-state index contributed by atoms with van der Waals surface area (Å²) < 4.78 is 32.3. The molecule has 0 saturated carbocycles. The zero-order valence-corrected chi connectivity index (χ0v) is 22.4. The molecule has 2 aromatic rings. The van der Waals surface area contributed by atoms with Crippen LogP contribution in [0.1, 0.15) is 43.0 Å². The van der Waals surface area contributed by atoms with Crippen LogP contribution in [0.3, 0.4) is 0 Å². The summed E-state index contributed by atoms with van der Waals surface area (Å²) in [6, 6.07) is 7.42. The minimum absolute atomic E-state index is 0.188. The van der Waals surface area contributed by atoms with Gasteiger partial charge >= 0.3 is 0 Å². The van der Waals surface area contributed by atoms with Crippen molar-refractivity contribution in [2.45, 2.75) is 44.9 Å². The molecule has 0 aliphatic carbocycles. The molecule has 0 heterocycles. The van der Waals surface area contributed by atoms with Crippen molar-refractivity contribution in [3.05, 3.63) is 57.2 Å². The SMILES string of the molecule is CCc1cc(CC)c(S(=O)(=O)/N=C(\[O-])c2cc(I)cc(I)c2I)c(CC)c1. The topological polar surface area (TPSA) is 69.6 Å². The Bertz CT molecular complexity index is 976. The van der Waals surface area contributed by atoms with E-state index in [9.17, 15) is 13.5 Å². The molecule has 0 saturated heterocycles. The minimum atomic E-state index is -4.09. The first-order valence-corrected chi connectivity index (χ1v) is 13.1. The highest BCUT2D eigenvalue weighted by Crippen LogP contribution is 2.28. The second-order valence-electron chi connectivity index (χ2n) is 5.92. The van der Waals surface area contributed by atoms with Crippen LogP contribution in [0.2, 0.25) is 0 Å². The predicted molar refractivity (Wildman–Crippen MR) is 133 cm³/mol. The summed E-state index contributed by atoms with van der Waals surface area (Å²) in [5.41, 5.74) is 2.84. The van der Waals surface area contributed by atoms with E-state index in [1.54, 1.807) is 6.07 Å². The number of hydrogen-bond donors (Lipinski definition) is 0. The largest absolute Gasteiger partial charge is 0.858 e. The highest BCUT2D eigenvalue weighted by atomic mass is 127. The maximum atomic E-state index is 13.1. The molecule has 0 aliphatic rings. The highest BCUT2D eigenvalue weighted by Gasteiger charge is 2.22. The van der Waals surface area contributed by atoms with E-state index >= 15 is 0 Å². The normalized spacial score (nSPS) is 12.4. The number of aryl methyl sites for hydroxylation is 3. The van der Waals surface area contributed by atoms with Crippen molar-refractivity contribution < 1.29 is 13.5 Å². The lowest BCUT2D eigenvalue weighted by Gasteiger charge is -2.17. The fraction of sp³-hybridized carbons (Fsp3) is 0.316. The van der Waals surface area contributed by atoms with E-state index in [1.165, 1.54) is 0 Å². The number of benzene rings is 2. The summed E-state index contributed by atoms with van der Waals surface area (Å²) in [5, 5.41) is 12.7. The van der Waals surface area contributed by atoms with Gasteiger partial charge in [0.1, 0.15) is 0 Å². The first-order valence-electron chi connectivity index (χ1n) is 8.46. The average Bonchev–Trinajstić information content (AvgIpc) is 2.62. The van der Waals surface area contributed by atoms with Gasteiger partial charge in [0.25, 0.3) is 10.0 Å². The lowest BCUT2D eigenvalue weighted by atomic mass is 10.0. The Hall–Kier alpha value is 0.0500. The van der Waals surface area contributed by atoms with Crippen LogP contribution in [0.5, 0.6) is 0 Å². The first-order chi connectivity index (χ1) is 12.6. The van der Waals surface area contributed by atoms with Gasteiger partial charge in [0.05, 0.1) is 4.90 Å². The molecule has 0 radical (unpaired) electrons. The van der Waals surface area contributed by atoms with Gasteiger partial charge in [-0.15, -0.1) is 0 Å². The Morgan fingerprint density at radius 2 is 1.52 bits per heavy atom. The molecule has 146 valence electrons. The van der Waals surface area contributed by atoms with E-state index in [1.807, 2.05) is 39.0 Å². The van der Waals surface area contributed by atoms with Gasteiger partial charge in [-0.25, -0.2) is 0 Å². The Morgan fingerprint density at radius 1 is 0.963 bits per heavy atom. The van der Waals surface area contributed by atoms with Crippen molar-refractivity contribution in [3.8, 4) is 0 Å². The van der Waals surface area contributed by atoms with E-state index < -0.39 is 15.9 Å². The Kier molecular flexibility index (Phi) is 8.38. The summed E-state index contributed by atoms with van der Waals surface area (Å²) in [4.78, 5) is 0.188. The smallest absolute Gasteiger partial charge is 0.282 e. The summed E-state index contributed by atoms with van der Waals surface area (Å²) >= 11 is 6.30. The second-order valence-corrected chi connectivity index (χ2v) is 11.0. The molecular weight excluding hydrogens is 703 g/mol. The molecule has 0 aliphatic heterocycles. The molecule has 0 spiro atoms. The zero-order chi connectivity index (χ0) is 20.4. The average molecular weight is 722 g/mol. The molecule has 0 aromatic heterocycles. The summed E-state index contributed by atoms with van der Waals surface area (Å²) in [6.45, 7) is 5.87. The van der Waals surface area contributed by atoms with Gasteiger partial charge in [0, 0.05) is 22.2 Å². The third-order valence-corrected chi connectivity index (χ3v) is 9.27. The summed E-state index contributed by atoms with van der Waals surface area (Å²) in [5.74, 6) is -0.723. The van der Waals surface area contributed by atoms with Crippen LogP contribution in [0.15, 0.2) is 33.6 Å². The van der Waals surface area contributed by atoms with Crippen LogP contribution in [-0.4, -0.2) is 14.3 Å². The van der Waals surface area contributed by atoms with Crippen molar-refractivity contribution in [3.63, 3.8) is 0 Å². The quantitative estimate of drug-likeness (QED) is 0.188. The molecule has 4 nitrogen and oxygen atoms in total. The van der Waals surface area contributed by atoms with E-state index in [0.29, 0.717) is 22.0 Å². The molecule has 0 unspecified atom stereocenters. The van der Waals surface area contributed by atoms with Gasteiger partial charge in [0.2, 0.25) is 0 Å². The summed E-state index contributed by atoms with van der Waals surface area (Å²) in [6.07, 6.45) is 1.96. The van der Waals surface area contributed by atoms with Crippen LogP contribution in [0, 0.1) is 10.7 Å². The molecular formula is C19H19I3NO3S-. The van der Waals surface area contributed by atoms with Gasteiger partial charge in [-0.2, -0.15) is 12.8 Å². The van der Waals surface area contributed by atoms with E-state index in [0.717, 1.165) is 30.3 Å². The number of sulfonamides is 1. The molecule has 27 heavy (non-hydrogen) atoms. The molecule has 2 aromatic carbocycles. The standard InChI is InChI=1S/C19H20I3NO3S/c1-4-11-7-12(5-2)18(13(6-3)8-11)27(25,26)23-19(24)15-9-14(20)10-16(21)17(15)22/h7-10H,4-6H2,1-3H3,(H,23,24)/p-1. The molecule has 0 atom stereocenters. The molecule has 2 rings (SSSR count). The lowest BCUT2D eigenvalue weighted by molar-refractivity contribution is -0.212. The predicted octanol–water partition coefficient (Wildman–Crippen LogP) is 4.68. The van der Waals surface area contributed by atoms with Crippen molar-refractivity contribution in [2.75, 3.05) is 0 Å². The van der Waals surface area contributed by atoms with E-state index in [4.69, 9.17) is 0 Å². The Balaban J connectivity index is 2.68. The van der Waals surface area contributed by atoms with Crippen molar-refractivity contribution >= 4 is 83.7 Å². The molecule has 0 N–H and O–H groups in total. The maximum absolute atomic E-state index is 13.1. The zero-order valence-electron chi connectivity index (χ0n) is 15.1. The van der Waals surface area contributed by atoms with Crippen LogP contribution in [0.4, 0.5) is 0 Å². The van der Waals surface area contributed by atoms with Crippen LogP contribution in [0.25, 0.3) is 0 Å². The van der Waals surface area contributed by atoms with Crippen LogP contribution < -0.4 is 5.11 Å². The molecule has 0 bridgehead atoms. The number of nitrogens with zero attached hydrogens (tertiary/aromatic N) is 1. The third-order valence-electron chi connectivity index (χ3n) is 4.16. The Labute approximate surface area is 201 Å². The lowest BCUT2D eigenvalue weighted by Crippen LogP contribution is -2.23. The van der Waals surface area contributed by atoms with E-state index in [2.05, 4.69) is 72.2 Å². The van der Waals surface area contributed by atoms with Crippen molar-refractivity contribution in [1.29, 1.82) is 0 Å². The van der Waals surface area contributed by atoms with Gasteiger partial charge in [-0.05, 0) is 116 Å². The maximum Gasteiger partial charge on any atom is 0.282 e. The number of rotatable bonds is 6. The first kappa shape index (κ1) is 23.3. The monoisotopic (exact) mass is 722 g/mol. The second kappa shape index (κ2) is 9.70. The van der Waals surface area contributed by atoms with Crippen LogP contribution >= 0.6 is 67.8 Å². The Morgan fingerprint density at radius 3 is 2.00 bits per heavy atom. The third kappa shape index (κ3) is 5.35. The van der Waals surface area contributed by atoms with Crippen LogP contribution in [-0.2, 0) is 29.3 Å².